The third kappa shape index (κ3) is 2.27. The van der Waals surface area contributed by atoms with Crippen molar-refractivity contribution < 1.29 is 4.79 Å². The lowest BCUT2D eigenvalue weighted by Crippen LogP contribution is -2.12. The van der Waals surface area contributed by atoms with Gasteiger partial charge >= 0.3 is 0 Å². The molecule has 4 heteroatoms. The van der Waals surface area contributed by atoms with Crippen LogP contribution < -0.4 is 5.32 Å². The predicted octanol–water partition coefficient (Wildman–Crippen LogP) is 2.38. The summed E-state index contributed by atoms with van der Waals surface area (Å²) in [7, 11) is 0. The molecule has 0 fully saturated rings. The summed E-state index contributed by atoms with van der Waals surface area (Å²) in [6.45, 7) is 0. The molecule has 1 amide bonds. The van der Waals surface area contributed by atoms with Crippen molar-refractivity contribution in [3.63, 3.8) is 0 Å². The topological polar surface area (TPSA) is 42.0 Å². The first-order valence-electron chi connectivity index (χ1n) is 4.58. The molecule has 1 aromatic heterocycles. The molecule has 0 atom stereocenters. The molecule has 78 valence electrons. The maximum atomic E-state index is 11.7. The molecular weight excluding hydrogens is 220 g/mol. The summed E-state index contributed by atoms with van der Waals surface area (Å²) in [5, 5.41) is 4.89. The summed E-state index contributed by atoms with van der Waals surface area (Å²) in [5.41, 5.74) is 1.09. The van der Waals surface area contributed by atoms with Gasteiger partial charge in [-0.2, -0.15) is 0 Å². The molecule has 0 radical (unpaired) electrons. The summed E-state index contributed by atoms with van der Waals surface area (Å²) in [5.74, 6) is 2.15. The fraction of sp³-hybridized carbons (Fsp3) is 0. The largest absolute Gasteiger partial charge is 0.321 e. The Morgan fingerprint density at radius 1 is 1.38 bits per heavy atom. The molecule has 1 N–H and O–H groups in total. The summed E-state index contributed by atoms with van der Waals surface area (Å²) in [4.78, 5) is 15.7. The molecule has 0 unspecified atom stereocenters. The van der Waals surface area contributed by atoms with E-state index in [0.717, 1.165) is 5.69 Å². The molecule has 2 aromatic rings. The van der Waals surface area contributed by atoms with E-state index < -0.39 is 0 Å². The Morgan fingerprint density at radius 2 is 2.12 bits per heavy atom. The van der Waals surface area contributed by atoms with E-state index in [9.17, 15) is 4.79 Å². The zero-order valence-corrected chi connectivity index (χ0v) is 9.12. The highest BCUT2D eigenvalue weighted by molar-refractivity contribution is 7.10. The van der Waals surface area contributed by atoms with Gasteiger partial charge in [-0.1, -0.05) is 18.2 Å². The van der Waals surface area contributed by atoms with E-state index >= 15 is 0 Å². The fourth-order valence-electron chi connectivity index (χ4n) is 1.16. The molecule has 3 nitrogen and oxygen atoms in total. The monoisotopic (exact) mass is 228 g/mol. The highest BCUT2D eigenvalue weighted by Gasteiger charge is 2.09. The number of para-hydroxylation sites is 1. The molecule has 2 rings (SSSR count). The third-order valence-electron chi connectivity index (χ3n) is 1.89. The maximum absolute atomic E-state index is 11.7. The van der Waals surface area contributed by atoms with Gasteiger partial charge in [-0.25, -0.2) is 4.98 Å². The molecule has 0 saturated heterocycles. The lowest BCUT2D eigenvalue weighted by Gasteiger charge is -2.01. The van der Waals surface area contributed by atoms with Crippen molar-refractivity contribution in [2.75, 3.05) is 5.32 Å². The van der Waals surface area contributed by atoms with E-state index in [-0.39, 0.29) is 5.91 Å². The molecule has 1 aromatic carbocycles. The molecular formula is C12H8N2OS. The Labute approximate surface area is 97.2 Å². The zero-order valence-electron chi connectivity index (χ0n) is 8.31. The van der Waals surface area contributed by atoms with Gasteiger partial charge in [0.1, 0.15) is 5.69 Å². The number of terminal acetylenes is 1. The van der Waals surface area contributed by atoms with Crippen LogP contribution in [0, 0.1) is 12.3 Å². The summed E-state index contributed by atoms with van der Waals surface area (Å²) in [6, 6.07) is 9.21. The minimum atomic E-state index is -0.246. The first kappa shape index (κ1) is 10.4. The van der Waals surface area contributed by atoms with Crippen LogP contribution in [0.15, 0.2) is 35.7 Å². The van der Waals surface area contributed by atoms with Crippen molar-refractivity contribution in [2.24, 2.45) is 0 Å². The molecule has 0 aliphatic heterocycles. The van der Waals surface area contributed by atoms with E-state index in [1.807, 2.05) is 30.3 Å². The lowest BCUT2D eigenvalue weighted by atomic mass is 10.3. The van der Waals surface area contributed by atoms with Crippen molar-refractivity contribution in [3.8, 4) is 12.3 Å². The van der Waals surface area contributed by atoms with Gasteiger partial charge < -0.3 is 5.32 Å². The minimum Gasteiger partial charge on any atom is -0.321 e. The zero-order chi connectivity index (χ0) is 11.4. The number of thiazole rings is 1. The molecule has 16 heavy (non-hydrogen) atoms. The van der Waals surface area contributed by atoms with E-state index in [0.29, 0.717) is 10.7 Å². The van der Waals surface area contributed by atoms with Gasteiger partial charge in [-0.05, 0) is 18.1 Å². The molecule has 0 bridgehead atoms. The van der Waals surface area contributed by atoms with Gasteiger partial charge in [-0.3, -0.25) is 4.79 Å². The Morgan fingerprint density at radius 3 is 2.75 bits per heavy atom. The van der Waals surface area contributed by atoms with Gasteiger partial charge in [0.2, 0.25) is 0 Å². The van der Waals surface area contributed by atoms with E-state index in [4.69, 9.17) is 6.42 Å². The fourth-order valence-corrected chi connectivity index (χ4v) is 1.76. The lowest BCUT2D eigenvalue weighted by molar-refractivity contribution is 0.102. The van der Waals surface area contributed by atoms with Crippen LogP contribution in [0.4, 0.5) is 5.69 Å². The molecule has 0 spiro atoms. The average molecular weight is 228 g/mol. The van der Waals surface area contributed by atoms with Crippen molar-refractivity contribution in [1.29, 1.82) is 0 Å². The van der Waals surface area contributed by atoms with Crippen molar-refractivity contribution in [3.05, 3.63) is 46.4 Å². The number of amides is 1. The number of carbonyl (C=O) groups is 1. The van der Waals surface area contributed by atoms with Gasteiger partial charge in [0.05, 0.1) is 0 Å². The summed E-state index contributed by atoms with van der Waals surface area (Å²) >= 11 is 1.28. The predicted molar refractivity (Wildman–Crippen MR) is 64.4 cm³/mol. The Kier molecular flexibility index (Phi) is 2.99. The standard InChI is InChI=1S/C12H8N2OS/c1-2-11-14-10(8-16-11)12(15)13-9-6-4-3-5-7-9/h1,3-8H,(H,13,15). The minimum absolute atomic E-state index is 0.246. The number of hydrogen-bond acceptors (Lipinski definition) is 3. The van der Waals surface area contributed by atoms with Crippen molar-refractivity contribution in [1.82, 2.24) is 4.98 Å². The second kappa shape index (κ2) is 4.60. The van der Waals surface area contributed by atoms with Gasteiger partial charge in [0.15, 0.2) is 5.01 Å². The summed E-state index contributed by atoms with van der Waals surface area (Å²) < 4.78 is 0. The van der Waals surface area contributed by atoms with Crippen LogP contribution in [-0.2, 0) is 0 Å². The molecule has 0 saturated carbocycles. The van der Waals surface area contributed by atoms with E-state index in [1.165, 1.54) is 11.3 Å². The smallest absolute Gasteiger partial charge is 0.275 e. The number of nitrogens with zero attached hydrogens (tertiary/aromatic N) is 1. The van der Waals surface area contributed by atoms with Gasteiger partial charge in [-0.15, -0.1) is 17.8 Å². The van der Waals surface area contributed by atoms with Gasteiger partial charge in [0.25, 0.3) is 5.91 Å². The normalized spacial score (nSPS) is 9.44. The highest BCUT2D eigenvalue weighted by Crippen LogP contribution is 2.11. The number of rotatable bonds is 2. The quantitative estimate of drug-likeness (QED) is 0.802. The number of aromatic nitrogens is 1. The Hall–Kier alpha value is -2.12. The highest BCUT2D eigenvalue weighted by atomic mass is 32.1. The number of anilines is 1. The van der Waals surface area contributed by atoms with E-state index in [1.54, 1.807) is 5.38 Å². The van der Waals surface area contributed by atoms with Crippen LogP contribution in [0.5, 0.6) is 0 Å². The SMILES string of the molecule is C#Cc1nc(C(=O)Nc2ccccc2)cs1. The van der Waals surface area contributed by atoms with Crippen LogP contribution in [0.1, 0.15) is 15.5 Å². The number of benzene rings is 1. The Bertz CT molecular complexity index is 540. The second-order valence-corrected chi connectivity index (χ2v) is 3.86. The second-order valence-electron chi connectivity index (χ2n) is 3.00. The molecule has 1 heterocycles. The number of carbonyl (C=O) groups excluding carboxylic acids is 1. The first-order chi connectivity index (χ1) is 7.79. The van der Waals surface area contributed by atoms with Crippen LogP contribution in [-0.4, -0.2) is 10.9 Å². The van der Waals surface area contributed by atoms with Crippen LogP contribution in [0.3, 0.4) is 0 Å². The molecule has 0 aliphatic rings. The maximum Gasteiger partial charge on any atom is 0.275 e. The Balaban J connectivity index is 2.12. The number of nitrogens with one attached hydrogen (secondary N) is 1. The van der Waals surface area contributed by atoms with E-state index in [2.05, 4.69) is 16.2 Å². The van der Waals surface area contributed by atoms with Gasteiger partial charge in [0, 0.05) is 11.1 Å². The number of hydrogen-bond donors (Lipinski definition) is 1. The molecule has 0 aliphatic carbocycles. The van der Waals surface area contributed by atoms with Crippen molar-refractivity contribution >= 4 is 22.9 Å². The van der Waals surface area contributed by atoms with Crippen molar-refractivity contribution in [2.45, 2.75) is 0 Å². The summed E-state index contributed by atoms with van der Waals surface area (Å²) in [6.07, 6.45) is 5.18. The van der Waals surface area contributed by atoms with Crippen LogP contribution >= 0.6 is 11.3 Å². The first-order valence-corrected chi connectivity index (χ1v) is 5.46. The third-order valence-corrected chi connectivity index (χ3v) is 2.67. The average Bonchev–Trinajstić information content (AvgIpc) is 2.79. The van der Waals surface area contributed by atoms with Crippen LogP contribution in [0.25, 0.3) is 0 Å². The van der Waals surface area contributed by atoms with Crippen LogP contribution in [0.2, 0.25) is 0 Å².